The average Bonchev–Trinajstić information content (AvgIpc) is 3.60. The number of rotatable bonds is 12. The Balaban J connectivity index is 0.00000605. The van der Waals surface area contributed by atoms with E-state index in [0.717, 1.165) is 50.5 Å². The van der Waals surface area contributed by atoms with Gasteiger partial charge in [-0.05, 0) is 69.5 Å². The summed E-state index contributed by atoms with van der Waals surface area (Å²) in [6.07, 6.45) is 3.77. The second-order valence-electron chi connectivity index (χ2n) is 14.4. The van der Waals surface area contributed by atoms with Crippen LogP contribution in [-0.4, -0.2) is 109 Å². The Morgan fingerprint density at radius 3 is 2.42 bits per heavy atom. The fourth-order valence-corrected chi connectivity index (χ4v) is 6.99. The third-order valence-corrected chi connectivity index (χ3v) is 10.0. The number of anilines is 4. The van der Waals surface area contributed by atoms with Crippen LogP contribution in [0.4, 0.5) is 22.9 Å². The predicted molar refractivity (Wildman–Crippen MR) is 210 cm³/mol. The first-order valence-corrected chi connectivity index (χ1v) is 18.2. The highest BCUT2D eigenvalue weighted by molar-refractivity contribution is 6.33. The average molecular weight is 759 g/mol. The van der Waals surface area contributed by atoms with Gasteiger partial charge in [-0.25, -0.2) is 9.97 Å². The number of amides is 3. The summed E-state index contributed by atoms with van der Waals surface area (Å²) in [6, 6.07) is 7.43. The summed E-state index contributed by atoms with van der Waals surface area (Å²) in [6.45, 7) is 15.0. The molecule has 3 atom stereocenters. The largest absolute Gasteiger partial charge is 0.494 e. The van der Waals surface area contributed by atoms with E-state index in [4.69, 9.17) is 16.3 Å². The Morgan fingerprint density at radius 2 is 1.79 bits per heavy atom. The SMILES string of the molecule is CCCN1CCN(c2ccc(Nc3ncnc4cc(OC)c(NC(=O)[C@@H]5CCCN5C(=O)[C@@H](NC(=O)[C@H](C)NC)C(C)(C)C)cc34)cc2Cl)CC1.Cl. The maximum atomic E-state index is 13.9. The number of aromatic nitrogens is 2. The van der Waals surface area contributed by atoms with Crippen LogP contribution in [0.15, 0.2) is 36.7 Å². The first-order chi connectivity index (χ1) is 24.3. The molecule has 0 unspecified atom stereocenters. The van der Waals surface area contributed by atoms with Crippen LogP contribution in [-0.2, 0) is 14.4 Å². The van der Waals surface area contributed by atoms with Gasteiger partial charge >= 0.3 is 0 Å². The smallest absolute Gasteiger partial charge is 0.247 e. The number of hydrogen-bond donors (Lipinski definition) is 4. The van der Waals surface area contributed by atoms with Gasteiger partial charge in [0.05, 0.1) is 35.1 Å². The number of halogens is 2. The van der Waals surface area contributed by atoms with Crippen molar-refractivity contribution in [3.8, 4) is 5.75 Å². The van der Waals surface area contributed by atoms with E-state index in [0.29, 0.717) is 52.6 Å². The second-order valence-corrected chi connectivity index (χ2v) is 14.8. The van der Waals surface area contributed by atoms with E-state index in [2.05, 4.69) is 48.0 Å². The van der Waals surface area contributed by atoms with Crippen molar-refractivity contribution in [3.63, 3.8) is 0 Å². The molecule has 1 aromatic heterocycles. The van der Waals surface area contributed by atoms with Gasteiger partial charge < -0.3 is 35.8 Å². The summed E-state index contributed by atoms with van der Waals surface area (Å²) in [5, 5.41) is 13.5. The Morgan fingerprint density at radius 1 is 1.06 bits per heavy atom. The molecule has 15 heteroatoms. The fourth-order valence-electron chi connectivity index (χ4n) is 6.69. The van der Waals surface area contributed by atoms with E-state index in [9.17, 15) is 14.4 Å². The van der Waals surface area contributed by atoms with Gasteiger partial charge in [0.15, 0.2) is 0 Å². The van der Waals surface area contributed by atoms with E-state index >= 15 is 0 Å². The van der Waals surface area contributed by atoms with Crippen molar-refractivity contribution in [2.24, 2.45) is 5.41 Å². The molecule has 4 N–H and O–H groups in total. The number of likely N-dealkylation sites (N-methyl/N-ethyl adjacent to an activating group) is 1. The fraction of sp³-hybridized carbons (Fsp3) is 0.541. The van der Waals surface area contributed by atoms with Gasteiger partial charge in [0, 0.05) is 49.9 Å². The summed E-state index contributed by atoms with van der Waals surface area (Å²) < 4.78 is 5.66. The molecule has 13 nitrogen and oxygen atoms in total. The van der Waals surface area contributed by atoms with E-state index in [-0.39, 0.29) is 30.1 Å². The molecule has 5 rings (SSSR count). The van der Waals surface area contributed by atoms with Crippen LogP contribution in [0.1, 0.15) is 53.9 Å². The van der Waals surface area contributed by atoms with Crippen LogP contribution in [0.2, 0.25) is 5.02 Å². The molecule has 0 bridgehead atoms. The third kappa shape index (κ3) is 9.35. The number of methoxy groups -OCH3 is 1. The minimum atomic E-state index is -0.811. The molecule has 284 valence electrons. The van der Waals surface area contributed by atoms with Crippen molar-refractivity contribution in [2.75, 3.05) is 69.0 Å². The van der Waals surface area contributed by atoms with E-state index < -0.39 is 23.5 Å². The first-order valence-electron chi connectivity index (χ1n) is 17.8. The minimum Gasteiger partial charge on any atom is -0.494 e. The monoisotopic (exact) mass is 757 g/mol. The molecule has 2 aromatic carbocycles. The number of likely N-dealkylation sites (tertiary alicyclic amines) is 1. The maximum absolute atomic E-state index is 13.9. The number of nitrogens with zero attached hydrogens (tertiary/aromatic N) is 5. The Bertz CT molecular complexity index is 1730. The van der Waals surface area contributed by atoms with Crippen LogP contribution in [0.5, 0.6) is 5.75 Å². The third-order valence-electron chi connectivity index (χ3n) is 9.74. The van der Waals surface area contributed by atoms with Gasteiger partial charge in [-0.3, -0.25) is 19.3 Å². The molecule has 0 spiro atoms. The summed E-state index contributed by atoms with van der Waals surface area (Å²) in [5.41, 5.74) is 2.23. The Hall–Kier alpha value is -3.91. The van der Waals surface area contributed by atoms with Crippen molar-refractivity contribution in [1.82, 2.24) is 30.4 Å². The lowest BCUT2D eigenvalue weighted by molar-refractivity contribution is -0.143. The van der Waals surface area contributed by atoms with E-state index in [1.54, 1.807) is 31.0 Å². The molecule has 2 aliphatic rings. The molecule has 2 saturated heterocycles. The van der Waals surface area contributed by atoms with Gasteiger partial charge in [-0.1, -0.05) is 39.3 Å². The molecule has 3 amide bonds. The molecule has 52 heavy (non-hydrogen) atoms. The van der Waals surface area contributed by atoms with Crippen LogP contribution in [0, 0.1) is 5.41 Å². The maximum Gasteiger partial charge on any atom is 0.247 e. The number of ether oxygens (including phenoxy) is 1. The molecular formula is C37H53Cl2N9O4. The van der Waals surface area contributed by atoms with Crippen LogP contribution < -0.4 is 30.9 Å². The number of fused-ring (bicyclic) bond motifs is 1. The van der Waals surface area contributed by atoms with E-state index in [1.165, 1.54) is 13.4 Å². The normalized spacial score (nSPS) is 17.7. The quantitative estimate of drug-likeness (QED) is 0.198. The summed E-state index contributed by atoms with van der Waals surface area (Å²) >= 11 is 6.81. The number of piperazine rings is 1. The topological polar surface area (TPSA) is 144 Å². The minimum absolute atomic E-state index is 0. The number of nitrogens with one attached hydrogen (secondary N) is 4. The van der Waals surface area contributed by atoms with Gasteiger partial charge in [0.25, 0.3) is 0 Å². The zero-order valence-electron chi connectivity index (χ0n) is 31.2. The molecule has 2 aliphatic heterocycles. The standard InChI is InChI=1S/C37H52ClN9O4.ClH/c1-8-13-45-15-17-46(18-16-45)29-12-11-24(19-26(29)38)42-33-25-20-28(31(51-7)21-27(25)40-22-41-33)43-35(49)30-10-9-14-47(30)36(50)32(37(3,4)5)44-34(48)23(2)39-6;/h11-12,19-23,30,32,39H,8-10,13-18H2,1-7H3,(H,43,49)(H,44,48)(H,40,41,42);1H/t23-,30-,32+;/m0./s1. The van der Waals surface area contributed by atoms with Gasteiger partial charge in [-0.2, -0.15) is 0 Å². The molecule has 0 saturated carbocycles. The highest BCUT2D eigenvalue weighted by Crippen LogP contribution is 2.36. The van der Waals surface area contributed by atoms with Crippen LogP contribution >= 0.6 is 24.0 Å². The predicted octanol–water partition coefficient (Wildman–Crippen LogP) is 5.06. The molecular weight excluding hydrogens is 705 g/mol. The lowest BCUT2D eigenvalue weighted by Crippen LogP contribution is -2.59. The summed E-state index contributed by atoms with van der Waals surface area (Å²) in [4.78, 5) is 56.0. The molecule has 3 heterocycles. The van der Waals surface area contributed by atoms with Crippen molar-refractivity contribution in [3.05, 3.63) is 41.7 Å². The number of benzene rings is 2. The zero-order valence-corrected chi connectivity index (χ0v) is 32.8. The van der Waals surface area contributed by atoms with Crippen molar-refractivity contribution in [2.45, 2.75) is 72.0 Å². The van der Waals surface area contributed by atoms with Crippen molar-refractivity contribution < 1.29 is 19.1 Å². The number of carbonyl (C=O) groups excluding carboxylic acids is 3. The van der Waals surface area contributed by atoms with Crippen LogP contribution in [0.3, 0.4) is 0 Å². The lowest BCUT2D eigenvalue weighted by atomic mass is 9.85. The molecule has 2 fully saturated rings. The lowest BCUT2D eigenvalue weighted by Gasteiger charge is -2.36. The van der Waals surface area contributed by atoms with Gasteiger partial charge in [-0.15, -0.1) is 12.4 Å². The zero-order chi connectivity index (χ0) is 36.9. The number of hydrogen-bond acceptors (Lipinski definition) is 10. The van der Waals surface area contributed by atoms with E-state index in [1.807, 2.05) is 39.0 Å². The molecule has 0 radical (unpaired) electrons. The Kier molecular flexibility index (Phi) is 13.9. The summed E-state index contributed by atoms with van der Waals surface area (Å²) in [5.74, 6) is 0.0459. The molecule has 3 aromatic rings. The van der Waals surface area contributed by atoms with Crippen molar-refractivity contribution in [1.29, 1.82) is 0 Å². The Labute approximate surface area is 318 Å². The highest BCUT2D eigenvalue weighted by atomic mass is 35.5. The second kappa shape index (κ2) is 17.7. The van der Waals surface area contributed by atoms with Crippen LogP contribution in [0.25, 0.3) is 10.9 Å². The van der Waals surface area contributed by atoms with Crippen molar-refractivity contribution >= 4 is 75.5 Å². The first kappa shape index (κ1) is 40.9. The molecule has 0 aliphatic carbocycles. The van der Waals surface area contributed by atoms with Gasteiger partial charge in [0.1, 0.15) is 30.0 Å². The highest BCUT2D eigenvalue weighted by Gasteiger charge is 2.42. The number of carbonyl (C=O) groups is 3. The van der Waals surface area contributed by atoms with Gasteiger partial charge in [0.2, 0.25) is 17.7 Å². The summed E-state index contributed by atoms with van der Waals surface area (Å²) in [7, 11) is 3.22.